The summed E-state index contributed by atoms with van der Waals surface area (Å²) >= 11 is 2.92. The standard InChI is InChI=1S/C13H10BrF2NO2S/c1-8-2-4-10(5-3-8)20(18,19)17-13-11(15)6-9(14)7-12(13)16/h2-7,17H,1H3. The van der Waals surface area contributed by atoms with E-state index in [9.17, 15) is 17.2 Å². The summed E-state index contributed by atoms with van der Waals surface area (Å²) in [5.74, 6) is -1.99. The number of anilines is 1. The highest BCUT2D eigenvalue weighted by Crippen LogP contribution is 2.26. The Labute approximate surface area is 123 Å². The summed E-state index contributed by atoms with van der Waals surface area (Å²) in [4.78, 5) is -0.0650. The van der Waals surface area contributed by atoms with Crippen LogP contribution in [0.25, 0.3) is 0 Å². The zero-order valence-electron chi connectivity index (χ0n) is 10.3. The highest BCUT2D eigenvalue weighted by molar-refractivity contribution is 9.10. The zero-order valence-corrected chi connectivity index (χ0v) is 12.7. The lowest BCUT2D eigenvalue weighted by molar-refractivity contribution is 0.582. The van der Waals surface area contributed by atoms with Crippen LogP contribution in [-0.4, -0.2) is 8.42 Å². The molecule has 0 amide bonds. The van der Waals surface area contributed by atoms with E-state index in [1.807, 2.05) is 4.72 Å². The number of halogens is 3. The number of benzene rings is 2. The molecular weight excluding hydrogens is 352 g/mol. The number of rotatable bonds is 3. The van der Waals surface area contributed by atoms with Crippen LogP contribution in [0.1, 0.15) is 5.56 Å². The Morgan fingerprint density at radius 1 is 1.05 bits per heavy atom. The zero-order chi connectivity index (χ0) is 14.9. The van der Waals surface area contributed by atoms with Crippen molar-refractivity contribution in [2.24, 2.45) is 0 Å². The Hall–Kier alpha value is -1.47. The Bertz CT molecular complexity index is 722. The van der Waals surface area contributed by atoms with Crippen LogP contribution < -0.4 is 4.72 Å². The summed E-state index contributed by atoms with van der Waals surface area (Å²) in [6.45, 7) is 1.80. The van der Waals surface area contributed by atoms with E-state index in [0.717, 1.165) is 17.7 Å². The molecule has 0 radical (unpaired) electrons. The van der Waals surface area contributed by atoms with Gasteiger partial charge in [0.25, 0.3) is 10.0 Å². The molecule has 0 saturated carbocycles. The van der Waals surface area contributed by atoms with Gasteiger partial charge < -0.3 is 0 Å². The van der Waals surface area contributed by atoms with E-state index in [1.165, 1.54) is 12.1 Å². The van der Waals surface area contributed by atoms with Crippen molar-refractivity contribution in [3.05, 3.63) is 58.1 Å². The second kappa shape index (κ2) is 5.49. The molecule has 2 aromatic carbocycles. The van der Waals surface area contributed by atoms with Crippen molar-refractivity contribution in [1.82, 2.24) is 0 Å². The van der Waals surface area contributed by atoms with Crippen LogP contribution in [0.15, 0.2) is 45.8 Å². The fraction of sp³-hybridized carbons (Fsp3) is 0.0769. The SMILES string of the molecule is Cc1ccc(S(=O)(=O)Nc2c(F)cc(Br)cc2F)cc1. The summed E-state index contributed by atoms with van der Waals surface area (Å²) in [7, 11) is -4.03. The molecule has 0 bridgehead atoms. The number of hydrogen-bond donors (Lipinski definition) is 1. The molecule has 0 saturated heterocycles. The molecule has 0 aliphatic heterocycles. The summed E-state index contributed by atoms with van der Waals surface area (Å²) in [6, 6.07) is 7.90. The van der Waals surface area contributed by atoms with Gasteiger partial charge in [-0.15, -0.1) is 0 Å². The normalized spacial score (nSPS) is 11.4. The van der Waals surface area contributed by atoms with E-state index in [-0.39, 0.29) is 9.37 Å². The van der Waals surface area contributed by atoms with Crippen LogP contribution in [-0.2, 0) is 10.0 Å². The molecule has 0 spiro atoms. The topological polar surface area (TPSA) is 46.2 Å². The summed E-state index contributed by atoms with van der Waals surface area (Å²) in [6.07, 6.45) is 0. The van der Waals surface area contributed by atoms with E-state index in [2.05, 4.69) is 15.9 Å². The van der Waals surface area contributed by atoms with Gasteiger partial charge in [0.1, 0.15) is 5.69 Å². The van der Waals surface area contributed by atoms with Crippen molar-refractivity contribution < 1.29 is 17.2 Å². The van der Waals surface area contributed by atoms with Crippen LogP contribution in [0.2, 0.25) is 0 Å². The molecule has 20 heavy (non-hydrogen) atoms. The Balaban J connectivity index is 2.41. The molecule has 0 fully saturated rings. The van der Waals surface area contributed by atoms with Gasteiger partial charge in [0.15, 0.2) is 11.6 Å². The fourth-order valence-electron chi connectivity index (χ4n) is 1.55. The van der Waals surface area contributed by atoms with Crippen molar-refractivity contribution in [1.29, 1.82) is 0 Å². The first kappa shape index (κ1) is 14.9. The third-order valence-corrected chi connectivity index (χ3v) is 4.40. The number of sulfonamides is 1. The molecule has 0 aromatic heterocycles. The van der Waals surface area contributed by atoms with Crippen LogP contribution in [0.3, 0.4) is 0 Å². The third-order valence-electron chi connectivity index (χ3n) is 2.57. The maximum atomic E-state index is 13.6. The second-order valence-electron chi connectivity index (χ2n) is 4.16. The maximum absolute atomic E-state index is 13.6. The van der Waals surface area contributed by atoms with Crippen LogP contribution >= 0.6 is 15.9 Å². The van der Waals surface area contributed by atoms with Gasteiger partial charge in [0.2, 0.25) is 0 Å². The van der Waals surface area contributed by atoms with Gasteiger partial charge in [-0.3, -0.25) is 4.72 Å². The molecule has 0 aliphatic carbocycles. The molecule has 0 heterocycles. The Morgan fingerprint density at radius 3 is 2.05 bits per heavy atom. The molecule has 0 unspecified atom stereocenters. The van der Waals surface area contributed by atoms with Gasteiger partial charge in [0.05, 0.1) is 4.90 Å². The molecule has 3 nitrogen and oxygen atoms in total. The Kier molecular flexibility index (Phi) is 4.10. The van der Waals surface area contributed by atoms with Crippen LogP contribution in [0, 0.1) is 18.6 Å². The largest absolute Gasteiger partial charge is 0.274 e. The average molecular weight is 362 g/mol. The van der Waals surface area contributed by atoms with Gasteiger partial charge in [-0.2, -0.15) is 0 Å². The van der Waals surface area contributed by atoms with E-state index in [4.69, 9.17) is 0 Å². The molecule has 0 aliphatic rings. The van der Waals surface area contributed by atoms with Gasteiger partial charge >= 0.3 is 0 Å². The minimum absolute atomic E-state index is 0.0650. The lowest BCUT2D eigenvalue weighted by Gasteiger charge is -2.10. The van der Waals surface area contributed by atoms with E-state index in [0.29, 0.717) is 0 Å². The highest BCUT2D eigenvalue weighted by atomic mass is 79.9. The lowest BCUT2D eigenvalue weighted by atomic mass is 10.2. The first-order chi connectivity index (χ1) is 9.29. The van der Waals surface area contributed by atoms with Crippen molar-refractivity contribution in [2.45, 2.75) is 11.8 Å². The third kappa shape index (κ3) is 3.16. The average Bonchev–Trinajstić information content (AvgIpc) is 2.34. The summed E-state index contributed by atoms with van der Waals surface area (Å²) in [5.41, 5.74) is 0.179. The smallest absolute Gasteiger partial charge is 0.262 e. The maximum Gasteiger partial charge on any atom is 0.262 e. The van der Waals surface area contributed by atoms with E-state index >= 15 is 0 Å². The van der Waals surface area contributed by atoms with E-state index < -0.39 is 27.3 Å². The van der Waals surface area contributed by atoms with Gasteiger partial charge in [0, 0.05) is 4.47 Å². The molecule has 106 valence electrons. The van der Waals surface area contributed by atoms with Crippen molar-refractivity contribution in [3.63, 3.8) is 0 Å². The van der Waals surface area contributed by atoms with Crippen molar-refractivity contribution in [3.8, 4) is 0 Å². The van der Waals surface area contributed by atoms with Crippen LogP contribution in [0.4, 0.5) is 14.5 Å². The number of hydrogen-bond acceptors (Lipinski definition) is 2. The lowest BCUT2D eigenvalue weighted by Crippen LogP contribution is -2.15. The van der Waals surface area contributed by atoms with Gasteiger partial charge in [-0.05, 0) is 31.2 Å². The summed E-state index contributed by atoms with van der Waals surface area (Å²) < 4.78 is 53.4. The molecule has 7 heteroatoms. The Morgan fingerprint density at radius 2 is 1.55 bits per heavy atom. The van der Waals surface area contributed by atoms with Gasteiger partial charge in [-0.1, -0.05) is 33.6 Å². The molecule has 0 atom stereocenters. The molecule has 1 N–H and O–H groups in total. The monoisotopic (exact) mass is 361 g/mol. The number of nitrogens with one attached hydrogen (secondary N) is 1. The van der Waals surface area contributed by atoms with Crippen molar-refractivity contribution in [2.75, 3.05) is 4.72 Å². The minimum Gasteiger partial charge on any atom is -0.274 e. The van der Waals surface area contributed by atoms with E-state index in [1.54, 1.807) is 19.1 Å². The predicted molar refractivity (Wildman–Crippen MR) is 76.0 cm³/mol. The minimum atomic E-state index is -4.03. The van der Waals surface area contributed by atoms with Crippen molar-refractivity contribution >= 4 is 31.6 Å². The predicted octanol–water partition coefficient (Wildman–Crippen LogP) is 3.84. The quantitative estimate of drug-likeness (QED) is 0.902. The van der Waals surface area contributed by atoms with Gasteiger partial charge in [-0.25, -0.2) is 17.2 Å². The molecule has 2 aromatic rings. The molecule has 2 rings (SSSR count). The second-order valence-corrected chi connectivity index (χ2v) is 6.76. The fourth-order valence-corrected chi connectivity index (χ4v) is 3.03. The van der Waals surface area contributed by atoms with Crippen LogP contribution in [0.5, 0.6) is 0 Å². The first-order valence-electron chi connectivity index (χ1n) is 5.53. The highest BCUT2D eigenvalue weighted by Gasteiger charge is 2.19. The molecular formula is C13H10BrF2NO2S. The number of aryl methyl sites for hydroxylation is 1. The first-order valence-corrected chi connectivity index (χ1v) is 7.81. The summed E-state index contributed by atoms with van der Waals surface area (Å²) in [5, 5.41) is 0.